The van der Waals surface area contributed by atoms with Gasteiger partial charge in [-0.1, -0.05) is 24.9 Å². The number of rotatable bonds is 5. The molecule has 6 nitrogen and oxygen atoms in total. The van der Waals surface area contributed by atoms with Crippen LogP contribution in [0, 0.1) is 0 Å². The number of H-pyrrole nitrogens is 2. The number of fused-ring (bicyclic) bond motifs is 1. The lowest BCUT2D eigenvalue weighted by Crippen LogP contribution is -1.94. The van der Waals surface area contributed by atoms with Gasteiger partial charge < -0.3 is 15.1 Å². The normalized spacial score (nSPS) is 11.2. The zero-order valence-corrected chi connectivity index (χ0v) is 12.7. The van der Waals surface area contributed by atoms with Crippen molar-refractivity contribution < 1.29 is 9.90 Å². The Morgan fingerprint density at radius 3 is 2.86 bits per heavy atom. The topological polar surface area (TPSA) is 94.7 Å². The van der Waals surface area contributed by atoms with Crippen molar-refractivity contribution in [1.29, 1.82) is 0 Å². The fraction of sp³-hybridized carbons (Fsp3) is 0.267. The highest BCUT2D eigenvalue weighted by molar-refractivity contribution is 6.31. The van der Waals surface area contributed by atoms with Crippen molar-refractivity contribution in [3.05, 3.63) is 34.7 Å². The second-order valence-corrected chi connectivity index (χ2v) is 5.45. The Balaban J connectivity index is 1.99. The molecule has 114 valence electrons. The van der Waals surface area contributed by atoms with Crippen molar-refractivity contribution in [2.45, 2.75) is 26.2 Å². The molecule has 22 heavy (non-hydrogen) atoms. The van der Waals surface area contributed by atoms with Crippen molar-refractivity contribution in [1.82, 2.24) is 19.9 Å². The third-order valence-corrected chi connectivity index (χ3v) is 3.70. The molecule has 0 aliphatic heterocycles. The van der Waals surface area contributed by atoms with Gasteiger partial charge >= 0.3 is 5.97 Å². The quantitative estimate of drug-likeness (QED) is 0.669. The summed E-state index contributed by atoms with van der Waals surface area (Å²) in [7, 11) is 0. The highest BCUT2D eigenvalue weighted by Gasteiger charge is 2.15. The van der Waals surface area contributed by atoms with Gasteiger partial charge in [0.15, 0.2) is 5.82 Å². The van der Waals surface area contributed by atoms with Gasteiger partial charge in [-0.15, -0.1) is 0 Å². The standard InChI is InChI=1S/C15H15ClN4O2/c1-2-3-4-11-19-12(13(16)20-11)14-17-9-6-5-8(15(21)22)7-10(9)18-14/h5-7H,2-4H2,1H3,(H,17,18)(H,19,20)(H,21,22). The van der Waals surface area contributed by atoms with Crippen LogP contribution in [0.25, 0.3) is 22.6 Å². The first-order valence-electron chi connectivity index (χ1n) is 7.06. The van der Waals surface area contributed by atoms with Crippen LogP contribution in [0.1, 0.15) is 35.9 Å². The molecule has 3 rings (SSSR count). The molecule has 0 aliphatic rings. The monoisotopic (exact) mass is 318 g/mol. The van der Waals surface area contributed by atoms with Crippen LogP contribution in [-0.2, 0) is 6.42 Å². The Morgan fingerprint density at radius 1 is 1.32 bits per heavy atom. The number of aromatic carboxylic acids is 1. The van der Waals surface area contributed by atoms with E-state index in [1.807, 2.05) is 0 Å². The van der Waals surface area contributed by atoms with Crippen LogP contribution in [0.2, 0.25) is 5.15 Å². The smallest absolute Gasteiger partial charge is 0.335 e. The van der Waals surface area contributed by atoms with Crippen molar-refractivity contribution in [3.63, 3.8) is 0 Å². The van der Waals surface area contributed by atoms with Crippen molar-refractivity contribution >= 4 is 28.6 Å². The minimum Gasteiger partial charge on any atom is -0.478 e. The minimum atomic E-state index is -0.974. The van der Waals surface area contributed by atoms with E-state index in [-0.39, 0.29) is 5.56 Å². The van der Waals surface area contributed by atoms with Crippen LogP contribution < -0.4 is 0 Å². The van der Waals surface area contributed by atoms with E-state index in [1.54, 1.807) is 12.1 Å². The lowest BCUT2D eigenvalue weighted by molar-refractivity contribution is 0.0697. The number of aromatic nitrogens is 4. The molecule has 0 aliphatic carbocycles. The zero-order valence-electron chi connectivity index (χ0n) is 12.0. The minimum absolute atomic E-state index is 0.208. The second kappa shape index (κ2) is 5.81. The maximum atomic E-state index is 11.0. The van der Waals surface area contributed by atoms with Crippen LogP contribution in [0.15, 0.2) is 18.2 Å². The summed E-state index contributed by atoms with van der Waals surface area (Å²) in [5.41, 5.74) is 2.08. The van der Waals surface area contributed by atoms with Gasteiger partial charge in [-0.25, -0.2) is 14.8 Å². The third-order valence-electron chi connectivity index (χ3n) is 3.43. The lowest BCUT2D eigenvalue weighted by atomic mass is 10.2. The molecule has 0 saturated carbocycles. The summed E-state index contributed by atoms with van der Waals surface area (Å²) in [5.74, 6) is 0.382. The first kappa shape index (κ1) is 14.6. The number of nitrogens with one attached hydrogen (secondary N) is 2. The van der Waals surface area contributed by atoms with Gasteiger partial charge in [-0.3, -0.25) is 0 Å². The van der Waals surface area contributed by atoms with Gasteiger partial charge in [0.1, 0.15) is 16.7 Å². The maximum Gasteiger partial charge on any atom is 0.335 e. The fourth-order valence-corrected chi connectivity index (χ4v) is 2.51. The molecular weight excluding hydrogens is 304 g/mol. The molecule has 0 atom stereocenters. The van der Waals surface area contributed by atoms with Crippen molar-refractivity contribution in [2.75, 3.05) is 0 Å². The van der Waals surface area contributed by atoms with Gasteiger partial charge in [-0.2, -0.15) is 0 Å². The van der Waals surface area contributed by atoms with E-state index in [0.717, 1.165) is 25.1 Å². The van der Waals surface area contributed by atoms with E-state index < -0.39 is 5.97 Å². The molecule has 7 heteroatoms. The Hall–Kier alpha value is -2.34. The number of hydrogen-bond acceptors (Lipinski definition) is 3. The van der Waals surface area contributed by atoms with Crippen LogP contribution in [0.3, 0.4) is 0 Å². The Bertz CT molecular complexity index is 837. The number of aryl methyl sites for hydroxylation is 1. The van der Waals surface area contributed by atoms with Gasteiger partial charge in [0, 0.05) is 6.42 Å². The molecular formula is C15H15ClN4O2. The van der Waals surface area contributed by atoms with Gasteiger partial charge in [-0.05, 0) is 24.6 Å². The van der Waals surface area contributed by atoms with Crippen LogP contribution in [0.5, 0.6) is 0 Å². The Kier molecular flexibility index (Phi) is 3.85. The SMILES string of the molecule is CCCCc1nc(-c2nc3ccc(C(=O)O)cc3[nH]2)c(Cl)[nH]1. The molecule has 0 amide bonds. The first-order chi connectivity index (χ1) is 10.6. The molecule has 3 aromatic rings. The molecule has 0 unspecified atom stereocenters. The summed E-state index contributed by atoms with van der Waals surface area (Å²) in [6, 6.07) is 4.73. The Labute approximate surface area is 131 Å². The van der Waals surface area contributed by atoms with Crippen molar-refractivity contribution in [3.8, 4) is 11.5 Å². The van der Waals surface area contributed by atoms with Gasteiger partial charge in [0.25, 0.3) is 0 Å². The molecule has 0 fully saturated rings. The summed E-state index contributed by atoms with van der Waals surface area (Å²) in [5, 5.41) is 9.46. The van der Waals surface area contributed by atoms with Crippen LogP contribution in [0.4, 0.5) is 0 Å². The third kappa shape index (κ3) is 2.69. The molecule has 1 aromatic carbocycles. The average molecular weight is 319 g/mol. The van der Waals surface area contributed by atoms with E-state index in [9.17, 15) is 4.79 Å². The summed E-state index contributed by atoms with van der Waals surface area (Å²) < 4.78 is 0. The number of imidazole rings is 2. The zero-order chi connectivity index (χ0) is 15.7. The maximum absolute atomic E-state index is 11.0. The number of halogens is 1. The number of unbranched alkanes of at least 4 members (excludes halogenated alkanes) is 1. The number of carbonyl (C=O) groups is 1. The molecule has 2 heterocycles. The molecule has 0 spiro atoms. The van der Waals surface area contributed by atoms with Gasteiger partial charge in [0.2, 0.25) is 0 Å². The fourth-order valence-electron chi connectivity index (χ4n) is 2.27. The second-order valence-electron chi connectivity index (χ2n) is 5.07. The van der Waals surface area contributed by atoms with E-state index in [2.05, 4.69) is 26.9 Å². The Morgan fingerprint density at radius 2 is 2.14 bits per heavy atom. The van der Waals surface area contributed by atoms with E-state index >= 15 is 0 Å². The van der Waals surface area contributed by atoms with Crippen LogP contribution in [-0.4, -0.2) is 31.0 Å². The highest BCUT2D eigenvalue weighted by Crippen LogP contribution is 2.26. The summed E-state index contributed by atoms with van der Waals surface area (Å²) in [6.45, 7) is 2.12. The number of benzene rings is 1. The largest absolute Gasteiger partial charge is 0.478 e. The lowest BCUT2D eigenvalue weighted by Gasteiger charge is -1.92. The van der Waals surface area contributed by atoms with E-state index in [0.29, 0.717) is 27.7 Å². The van der Waals surface area contributed by atoms with Gasteiger partial charge in [0.05, 0.1) is 16.6 Å². The molecule has 0 bridgehead atoms. The highest BCUT2D eigenvalue weighted by atomic mass is 35.5. The number of carboxylic acid groups (broad SMARTS) is 1. The molecule has 0 saturated heterocycles. The van der Waals surface area contributed by atoms with E-state index in [1.165, 1.54) is 6.07 Å². The number of hydrogen-bond donors (Lipinski definition) is 3. The molecule has 2 aromatic heterocycles. The summed E-state index contributed by atoms with van der Waals surface area (Å²) >= 11 is 6.20. The average Bonchev–Trinajstić information content (AvgIpc) is 3.07. The molecule has 3 N–H and O–H groups in total. The first-order valence-corrected chi connectivity index (χ1v) is 7.44. The van der Waals surface area contributed by atoms with Crippen LogP contribution >= 0.6 is 11.6 Å². The number of carboxylic acids is 1. The molecule has 0 radical (unpaired) electrons. The predicted molar refractivity (Wildman–Crippen MR) is 84.3 cm³/mol. The predicted octanol–water partition coefficient (Wildman–Crippen LogP) is 3.65. The van der Waals surface area contributed by atoms with Crippen molar-refractivity contribution in [2.24, 2.45) is 0 Å². The summed E-state index contributed by atoms with van der Waals surface area (Å²) in [6.07, 6.45) is 2.95. The van der Waals surface area contributed by atoms with E-state index in [4.69, 9.17) is 16.7 Å². The number of nitrogens with zero attached hydrogens (tertiary/aromatic N) is 2. The number of aromatic amines is 2. The summed E-state index contributed by atoms with van der Waals surface area (Å²) in [4.78, 5) is 26.0.